The minimum atomic E-state index is -0.244. The molecule has 0 unspecified atom stereocenters. The first-order valence-electron chi connectivity index (χ1n) is 6.21. The van der Waals surface area contributed by atoms with Crippen LogP contribution in [-0.2, 0) is 20.9 Å². The summed E-state index contributed by atoms with van der Waals surface area (Å²) in [5, 5.41) is 0. The fourth-order valence-electron chi connectivity index (χ4n) is 1.66. The SMILES string of the molecule is CC(=O)[C@H](C)C[C@H](C)C(=O)OCc1ccccc1. The van der Waals surface area contributed by atoms with Crippen molar-refractivity contribution in [1.29, 1.82) is 0 Å². The number of benzene rings is 1. The number of Topliss-reactive ketones (excluding diaryl/α,β-unsaturated/α-hetero) is 1. The lowest BCUT2D eigenvalue weighted by Gasteiger charge is -2.14. The van der Waals surface area contributed by atoms with Crippen LogP contribution >= 0.6 is 0 Å². The monoisotopic (exact) mass is 248 g/mol. The van der Waals surface area contributed by atoms with Crippen LogP contribution in [0.25, 0.3) is 0 Å². The van der Waals surface area contributed by atoms with Gasteiger partial charge in [0.2, 0.25) is 0 Å². The van der Waals surface area contributed by atoms with Crippen molar-refractivity contribution in [3.63, 3.8) is 0 Å². The van der Waals surface area contributed by atoms with Gasteiger partial charge in [-0.15, -0.1) is 0 Å². The van der Waals surface area contributed by atoms with Crippen LogP contribution in [0.1, 0.15) is 32.8 Å². The molecule has 2 atom stereocenters. The molecule has 0 amide bonds. The average molecular weight is 248 g/mol. The lowest BCUT2D eigenvalue weighted by molar-refractivity contribution is -0.150. The average Bonchev–Trinajstić information content (AvgIpc) is 2.36. The summed E-state index contributed by atoms with van der Waals surface area (Å²) >= 11 is 0. The maximum absolute atomic E-state index is 11.7. The fourth-order valence-corrected chi connectivity index (χ4v) is 1.66. The van der Waals surface area contributed by atoms with Gasteiger partial charge in [-0.1, -0.05) is 44.2 Å². The van der Waals surface area contributed by atoms with Gasteiger partial charge < -0.3 is 4.74 Å². The predicted octanol–water partition coefficient (Wildman–Crippen LogP) is 2.98. The highest BCUT2D eigenvalue weighted by Crippen LogP contribution is 2.15. The number of carbonyl (C=O) groups is 2. The van der Waals surface area contributed by atoms with Crippen molar-refractivity contribution >= 4 is 11.8 Å². The van der Waals surface area contributed by atoms with Gasteiger partial charge in [-0.2, -0.15) is 0 Å². The second-order valence-electron chi connectivity index (χ2n) is 4.74. The van der Waals surface area contributed by atoms with E-state index in [2.05, 4.69) is 0 Å². The number of esters is 1. The molecule has 0 fully saturated rings. The molecule has 1 aromatic rings. The molecule has 0 radical (unpaired) electrons. The molecule has 0 spiro atoms. The Morgan fingerprint density at radius 2 is 1.72 bits per heavy atom. The van der Waals surface area contributed by atoms with Gasteiger partial charge in [-0.05, 0) is 18.9 Å². The highest BCUT2D eigenvalue weighted by Gasteiger charge is 2.19. The lowest BCUT2D eigenvalue weighted by atomic mass is 9.95. The van der Waals surface area contributed by atoms with Gasteiger partial charge >= 0.3 is 5.97 Å². The summed E-state index contributed by atoms with van der Waals surface area (Å²) in [5.41, 5.74) is 0.970. The molecule has 0 aliphatic rings. The van der Waals surface area contributed by atoms with Crippen molar-refractivity contribution in [1.82, 2.24) is 0 Å². The van der Waals surface area contributed by atoms with Crippen LogP contribution in [0, 0.1) is 11.8 Å². The van der Waals surface area contributed by atoms with E-state index in [0.717, 1.165) is 5.56 Å². The highest BCUT2D eigenvalue weighted by atomic mass is 16.5. The summed E-state index contributed by atoms with van der Waals surface area (Å²) in [6.07, 6.45) is 0.545. The first-order valence-corrected chi connectivity index (χ1v) is 6.21. The second kappa shape index (κ2) is 6.94. The van der Waals surface area contributed by atoms with Gasteiger partial charge in [0, 0.05) is 5.92 Å². The van der Waals surface area contributed by atoms with Crippen molar-refractivity contribution in [2.24, 2.45) is 11.8 Å². The number of carbonyl (C=O) groups excluding carboxylic acids is 2. The molecule has 0 saturated heterocycles. The summed E-state index contributed by atoms with van der Waals surface area (Å²) in [7, 11) is 0. The Kier molecular flexibility index (Phi) is 5.56. The zero-order chi connectivity index (χ0) is 13.5. The number of ether oxygens (including phenoxy) is 1. The van der Waals surface area contributed by atoms with Crippen molar-refractivity contribution in [2.45, 2.75) is 33.8 Å². The van der Waals surface area contributed by atoms with Crippen molar-refractivity contribution in [3.8, 4) is 0 Å². The van der Waals surface area contributed by atoms with E-state index >= 15 is 0 Å². The summed E-state index contributed by atoms with van der Waals surface area (Å²) in [4.78, 5) is 22.9. The molecule has 3 heteroatoms. The van der Waals surface area contributed by atoms with Gasteiger partial charge in [-0.25, -0.2) is 0 Å². The molecule has 0 saturated carbocycles. The Labute approximate surface area is 108 Å². The van der Waals surface area contributed by atoms with Crippen molar-refractivity contribution in [3.05, 3.63) is 35.9 Å². The molecule has 18 heavy (non-hydrogen) atoms. The van der Waals surface area contributed by atoms with E-state index in [-0.39, 0.29) is 23.6 Å². The van der Waals surface area contributed by atoms with Crippen LogP contribution in [0.3, 0.4) is 0 Å². The first-order chi connectivity index (χ1) is 8.50. The molecule has 1 rings (SSSR count). The maximum atomic E-state index is 11.7. The smallest absolute Gasteiger partial charge is 0.309 e. The van der Waals surface area contributed by atoms with Crippen molar-refractivity contribution in [2.75, 3.05) is 0 Å². The normalized spacial score (nSPS) is 13.7. The molecular weight excluding hydrogens is 228 g/mol. The van der Waals surface area contributed by atoms with E-state index in [9.17, 15) is 9.59 Å². The zero-order valence-electron chi connectivity index (χ0n) is 11.2. The minimum Gasteiger partial charge on any atom is -0.461 e. The zero-order valence-corrected chi connectivity index (χ0v) is 11.2. The predicted molar refractivity (Wildman–Crippen MR) is 69.9 cm³/mol. The first kappa shape index (κ1) is 14.4. The number of ketones is 1. The molecular formula is C15H20O3. The van der Waals surface area contributed by atoms with Crippen LogP contribution in [0.15, 0.2) is 30.3 Å². The van der Waals surface area contributed by atoms with Gasteiger partial charge in [0.1, 0.15) is 12.4 Å². The van der Waals surface area contributed by atoms with Crippen molar-refractivity contribution < 1.29 is 14.3 Å². The second-order valence-corrected chi connectivity index (χ2v) is 4.74. The largest absolute Gasteiger partial charge is 0.461 e. The van der Waals surface area contributed by atoms with E-state index in [1.807, 2.05) is 37.3 Å². The number of hydrogen-bond donors (Lipinski definition) is 0. The fraction of sp³-hybridized carbons (Fsp3) is 0.467. The van der Waals surface area contributed by atoms with E-state index in [1.165, 1.54) is 0 Å². The molecule has 0 aliphatic heterocycles. The van der Waals surface area contributed by atoms with Gasteiger partial charge in [0.05, 0.1) is 5.92 Å². The van der Waals surface area contributed by atoms with Gasteiger partial charge in [0.15, 0.2) is 0 Å². The summed E-state index contributed by atoms with van der Waals surface area (Å²) in [6, 6.07) is 9.56. The quantitative estimate of drug-likeness (QED) is 0.727. The highest BCUT2D eigenvalue weighted by molar-refractivity contribution is 5.79. The third-order valence-electron chi connectivity index (χ3n) is 3.03. The molecule has 0 aromatic heterocycles. The lowest BCUT2D eigenvalue weighted by Crippen LogP contribution is -2.19. The minimum absolute atomic E-state index is 0.0933. The summed E-state index contributed by atoms with van der Waals surface area (Å²) in [5.74, 6) is -0.471. The molecule has 0 heterocycles. The Hall–Kier alpha value is -1.64. The maximum Gasteiger partial charge on any atom is 0.309 e. The van der Waals surface area contributed by atoms with Gasteiger partial charge in [0.25, 0.3) is 0 Å². The van der Waals surface area contributed by atoms with Crippen LogP contribution in [0.5, 0.6) is 0 Å². The van der Waals surface area contributed by atoms with Crippen LogP contribution < -0.4 is 0 Å². The Balaban J connectivity index is 2.39. The van der Waals surface area contributed by atoms with Gasteiger partial charge in [-0.3, -0.25) is 9.59 Å². The Bertz CT molecular complexity index is 397. The Morgan fingerprint density at radius 1 is 1.11 bits per heavy atom. The third-order valence-corrected chi connectivity index (χ3v) is 3.03. The Morgan fingerprint density at radius 3 is 2.28 bits per heavy atom. The summed E-state index contributed by atoms with van der Waals surface area (Å²) in [6.45, 7) is 5.47. The van der Waals surface area contributed by atoms with Crippen LogP contribution in [0.4, 0.5) is 0 Å². The molecule has 0 aliphatic carbocycles. The topological polar surface area (TPSA) is 43.4 Å². The van der Waals surface area contributed by atoms with E-state index < -0.39 is 0 Å². The van der Waals surface area contributed by atoms with E-state index in [0.29, 0.717) is 13.0 Å². The molecule has 3 nitrogen and oxygen atoms in total. The third kappa shape index (κ3) is 4.70. The van der Waals surface area contributed by atoms with Crippen LogP contribution in [-0.4, -0.2) is 11.8 Å². The number of rotatable bonds is 6. The molecule has 0 bridgehead atoms. The molecule has 98 valence electrons. The standard InChI is InChI=1S/C15H20O3/c1-11(13(3)16)9-12(2)15(17)18-10-14-7-5-4-6-8-14/h4-8,11-12H,9-10H2,1-3H3/t11-,12+/m1/s1. The van der Waals surface area contributed by atoms with E-state index in [1.54, 1.807) is 13.8 Å². The van der Waals surface area contributed by atoms with Crippen LogP contribution in [0.2, 0.25) is 0 Å². The van der Waals surface area contributed by atoms with E-state index in [4.69, 9.17) is 4.74 Å². The molecule has 1 aromatic carbocycles. The number of hydrogen-bond acceptors (Lipinski definition) is 3. The summed E-state index contributed by atoms with van der Waals surface area (Å²) < 4.78 is 5.22. The molecule has 0 N–H and O–H groups in total.